The van der Waals surface area contributed by atoms with Gasteiger partial charge in [-0.2, -0.15) is 10.4 Å². The molecule has 196 valence electrons. The monoisotopic (exact) mass is 527 g/mol. The fourth-order valence-electron chi connectivity index (χ4n) is 5.32. The Morgan fingerprint density at radius 1 is 1.30 bits per heavy atom. The summed E-state index contributed by atoms with van der Waals surface area (Å²) in [7, 11) is -2.42. The molecule has 2 heterocycles. The van der Waals surface area contributed by atoms with Crippen LogP contribution in [0, 0.1) is 17.2 Å². The molecule has 0 spiro atoms. The molecule has 3 N–H and O–H groups in total. The Labute approximate surface area is 214 Å². The van der Waals surface area contributed by atoms with Crippen LogP contribution >= 0.6 is 0 Å². The molecule has 2 fully saturated rings. The van der Waals surface area contributed by atoms with Gasteiger partial charge in [0, 0.05) is 25.7 Å². The van der Waals surface area contributed by atoms with Crippen LogP contribution in [0.2, 0.25) is 0 Å². The van der Waals surface area contributed by atoms with Gasteiger partial charge in [0.15, 0.2) is 15.5 Å². The molecule has 2 unspecified atom stereocenters. The van der Waals surface area contributed by atoms with Crippen molar-refractivity contribution in [2.75, 3.05) is 13.2 Å². The minimum atomic E-state index is -3.97. The number of nitriles is 1. The summed E-state index contributed by atoms with van der Waals surface area (Å²) in [6.07, 6.45) is 0.715. The second-order valence-corrected chi connectivity index (χ2v) is 12.5. The molecule has 1 aromatic carbocycles. The van der Waals surface area contributed by atoms with E-state index in [-0.39, 0.29) is 49.7 Å². The van der Waals surface area contributed by atoms with Crippen molar-refractivity contribution in [1.29, 1.82) is 5.26 Å². The number of fused-ring (bicyclic) bond motifs is 1. The summed E-state index contributed by atoms with van der Waals surface area (Å²) in [6, 6.07) is 8.85. The first kappa shape index (κ1) is 25.4. The van der Waals surface area contributed by atoms with Crippen LogP contribution in [0.1, 0.15) is 63.4 Å². The molecule has 2 saturated carbocycles. The van der Waals surface area contributed by atoms with Crippen LogP contribution in [0.3, 0.4) is 0 Å². The van der Waals surface area contributed by atoms with E-state index in [4.69, 9.17) is 5.26 Å². The van der Waals surface area contributed by atoms with Gasteiger partial charge in [0.2, 0.25) is 0 Å². The minimum absolute atomic E-state index is 0.110. The molecule has 0 saturated heterocycles. The average molecular weight is 528 g/mol. The number of rotatable bonds is 9. The van der Waals surface area contributed by atoms with Crippen molar-refractivity contribution >= 4 is 21.7 Å². The van der Waals surface area contributed by atoms with Gasteiger partial charge >= 0.3 is 0 Å². The predicted molar refractivity (Wildman–Crippen MR) is 131 cm³/mol. The zero-order chi connectivity index (χ0) is 26.5. The van der Waals surface area contributed by atoms with Crippen molar-refractivity contribution in [3.63, 3.8) is 0 Å². The molecule has 2 amide bonds. The van der Waals surface area contributed by atoms with Crippen molar-refractivity contribution in [1.82, 2.24) is 20.0 Å². The van der Waals surface area contributed by atoms with Crippen LogP contribution in [-0.4, -0.2) is 74.5 Å². The first-order valence-corrected chi connectivity index (χ1v) is 13.9. The number of nitrogens with one attached hydrogen (secondary N) is 1. The van der Waals surface area contributed by atoms with Gasteiger partial charge in [0.25, 0.3) is 11.8 Å². The number of carbonyl (C=O) groups is 2. The number of sulfone groups is 1. The number of hydrogen-bond donors (Lipinski definition) is 3. The normalized spacial score (nSPS) is 20.1. The molecular formula is C25H29N5O6S. The van der Waals surface area contributed by atoms with Crippen molar-refractivity contribution in [2.45, 2.75) is 54.9 Å². The van der Waals surface area contributed by atoms with E-state index >= 15 is 0 Å². The van der Waals surface area contributed by atoms with E-state index in [9.17, 15) is 28.2 Å². The fraction of sp³-hybridized carbons (Fsp3) is 0.520. The van der Waals surface area contributed by atoms with E-state index in [1.807, 2.05) is 6.07 Å². The van der Waals surface area contributed by atoms with Crippen LogP contribution in [0.15, 0.2) is 24.3 Å². The first-order valence-electron chi connectivity index (χ1n) is 12.3. The maximum absolute atomic E-state index is 13.7. The summed E-state index contributed by atoms with van der Waals surface area (Å²) >= 11 is 0. The SMILES string of the molecule is Cn1nc(C(=O)NCc2ccc(C#N)cc2)c2c1C(=O)N(C(C1CC1)S(=O)(=O)C1(C(O)CO)CC1)CC2. The number of carbonyl (C=O) groups excluding carboxylic acids is 2. The smallest absolute Gasteiger partial charge is 0.273 e. The molecule has 37 heavy (non-hydrogen) atoms. The van der Waals surface area contributed by atoms with Crippen LogP contribution in [0.25, 0.3) is 0 Å². The van der Waals surface area contributed by atoms with Crippen LogP contribution in [0.4, 0.5) is 0 Å². The highest BCUT2D eigenvalue weighted by atomic mass is 32.2. The van der Waals surface area contributed by atoms with Crippen LogP contribution < -0.4 is 5.32 Å². The Kier molecular flexibility index (Phi) is 6.34. The third-order valence-electron chi connectivity index (χ3n) is 7.70. The van der Waals surface area contributed by atoms with Gasteiger partial charge < -0.3 is 20.4 Å². The standard InChI is InChI=1S/C25H29N5O6S/c1-29-21-18(20(28-29)22(33)27-13-16-4-2-15(12-26)3-5-16)8-11-30(23(21)34)24(17-6-7-17)37(35,36)25(9-10-25)19(32)14-31/h2-5,17,19,24,31-32H,6-11,13-14H2,1H3,(H,27,33). The van der Waals surface area contributed by atoms with Gasteiger partial charge in [-0.25, -0.2) is 8.42 Å². The second-order valence-electron chi connectivity index (χ2n) is 10.1. The maximum Gasteiger partial charge on any atom is 0.273 e. The number of amides is 2. The number of aryl methyl sites for hydroxylation is 1. The molecule has 5 rings (SSSR count). The summed E-state index contributed by atoms with van der Waals surface area (Å²) in [5, 5.41) is 34.7. The van der Waals surface area contributed by atoms with Gasteiger partial charge in [-0.15, -0.1) is 0 Å². The van der Waals surface area contributed by atoms with Gasteiger partial charge in [-0.05, 0) is 55.7 Å². The third kappa shape index (κ3) is 4.21. The zero-order valence-electron chi connectivity index (χ0n) is 20.4. The van der Waals surface area contributed by atoms with Gasteiger partial charge in [-0.3, -0.25) is 14.3 Å². The number of hydrogen-bond acceptors (Lipinski definition) is 8. The molecule has 2 aliphatic carbocycles. The third-order valence-corrected chi connectivity index (χ3v) is 10.8. The Balaban J connectivity index is 1.38. The summed E-state index contributed by atoms with van der Waals surface area (Å²) in [4.78, 5) is 28.0. The van der Waals surface area contributed by atoms with Crippen LogP contribution in [-0.2, 0) is 29.9 Å². The molecule has 0 radical (unpaired) electrons. The Morgan fingerprint density at radius 3 is 2.54 bits per heavy atom. The fourth-order valence-corrected chi connectivity index (χ4v) is 8.25. The molecule has 1 aliphatic heterocycles. The van der Waals surface area contributed by atoms with E-state index in [0.29, 0.717) is 24.0 Å². The largest absolute Gasteiger partial charge is 0.394 e. The van der Waals surface area contributed by atoms with E-state index in [2.05, 4.69) is 10.4 Å². The molecule has 2 atom stereocenters. The van der Waals surface area contributed by atoms with Gasteiger partial charge in [-0.1, -0.05) is 12.1 Å². The lowest BCUT2D eigenvalue weighted by molar-refractivity contribution is 0.0671. The second kappa shape index (κ2) is 9.24. The topological polar surface area (TPSA) is 166 Å². The molecule has 3 aliphatic rings. The highest BCUT2D eigenvalue weighted by Gasteiger charge is 2.65. The number of nitrogens with zero attached hydrogens (tertiary/aromatic N) is 4. The molecule has 0 bridgehead atoms. The molecule has 12 heteroatoms. The maximum atomic E-state index is 13.7. The van der Waals surface area contributed by atoms with Gasteiger partial charge in [0.05, 0.1) is 24.3 Å². The number of aromatic nitrogens is 2. The lowest BCUT2D eigenvalue weighted by Gasteiger charge is -2.37. The van der Waals surface area contributed by atoms with Crippen molar-refractivity contribution in [3.8, 4) is 6.07 Å². The van der Waals surface area contributed by atoms with E-state index < -0.39 is 44.5 Å². The zero-order valence-corrected chi connectivity index (χ0v) is 21.2. The minimum Gasteiger partial charge on any atom is -0.394 e. The van der Waals surface area contributed by atoms with Crippen molar-refractivity contribution in [3.05, 3.63) is 52.3 Å². The quantitative estimate of drug-likeness (QED) is 0.418. The Morgan fingerprint density at radius 2 is 1.97 bits per heavy atom. The van der Waals surface area contributed by atoms with Gasteiger partial charge in [0.1, 0.15) is 15.8 Å². The Hall–Kier alpha value is -3.27. The van der Waals surface area contributed by atoms with Crippen molar-refractivity contribution < 1.29 is 28.2 Å². The van der Waals surface area contributed by atoms with Crippen molar-refractivity contribution in [2.24, 2.45) is 13.0 Å². The average Bonchev–Trinajstić information content (AvgIpc) is 3.82. The first-order chi connectivity index (χ1) is 17.6. The van der Waals surface area contributed by atoms with E-state index in [0.717, 1.165) is 5.56 Å². The predicted octanol–water partition coefficient (Wildman–Crippen LogP) is 0.257. The number of benzene rings is 1. The number of aliphatic hydroxyl groups excluding tert-OH is 2. The van der Waals surface area contributed by atoms with E-state index in [1.165, 1.54) is 9.58 Å². The molecule has 1 aromatic heterocycles. The summed E-state index contributed by atoms with van der Waals surface area (Å²) < 4.78 is 27.4. The number of aliphatic hydroxyl groups is 2. The lowest BCUT2D eigenvalue weighted by Crippen LogP contribution is -2.55. The van der Waals surface area contributed by atoms with Crippen LogP contribution in [0.5, 0.6) is 0 Å². The summed E-state index contributed by atoms with van der Waals surface area (Å²) in [6.45, 7) is -0.330. The summed E-state index contributed by atoms with van der Waals surface area (Å²) in [5.41, 5.74) is 2.10. The molecule has 11 nitrogen and oxygen atoms in total. The Bertz CT molecular complexity index is 1390. The molecule has 2 aromatic rings. The molecular weight excluding hydrogens is 498 g/mol. The summed E-state index contributed by atoms with van der Waals surface area (Å²) in [5.74, 6) is -1.17. The lowest BCUT2D eigenvalue weighted by atomic mass is 10.0. The highest BCUT2D eigenvalue weighted by molar-refractivity contribution is 7.93. The highest BCUT2D eigenvalue weighted by Crippen LogP contribution is 2.53. The van der Waals surface area contributed by atoms with E-state index in [1.54, 1.807) is 31.3 Å².